The summed E-state index contributed by atoms with van der Waals surface area (Å²) in [5, 5.41) is 14.5. The maximum Gasteiger partial charge on any atom is 0.335 e. The highest BCUT2D eigenvalue weighted by molar-refractivity contribution is 9.10. The Morgan fingerprint density at radius 1 is 1.10 bits per heavy atom. The molecule has 1 aromatic heterocycles. The first kappa shape index (κ1) is 27.6. The van der Waals surface area contributed by atoms with Crippen molar-refractivity contribution >= 4 is 66.5 Å². The molecule has 1 N–H and O–H groups in total. The fourth-order valence-corrected chi connectivity index (χ4v) is 6.07. The van der Waals surface area contributed by atoms with Crippen molar-refractivity contribution in [2.24, 2.45) is 5.10 Å². The normalized spacial score (nSPS) is 14.2. The minimum atomic E-state index is -0.981. The summed E-state index contributed by atoms with van der Waals surface area (Å²) in [5.74, 6) is 0.330. The second-order valence-electron chi connectivity index (χ2n) is 9.43. The van der Waals surface area contributed by atoms with Gasteiger partial charge in [-0.05, 0) is 82.4 Å². The minimum absolute atomic E-state index is 0.173. The van der Waals surface area contributed by atoms with E-state index in [2.05, 4.69) is 37.0 Å². The third kappa shape index (κ3) is 6.26. The lowest BCUT2D eigenvalue weighted by Gasteiger charge is -2.22. The molecule has 5 rings (SSSR count). The number of carbonyl (C=O) groups is 1. The molecule has 200 valence electrons. The zero-order chi connectivity index (χ0) is 27.5. The van der Waals surface area contributed by atoms with Crippen molar-refractivity contribution in [3.8, 4) is 5.75 Å². The molecule has 0 saturated heterocycles. The Bertz CT molecular complexity index is 1610. The summed E-state index contributed by atoms with van der Waals surface area (Å²) in [6, 6.07) is 15.5. The molecule has 0 amide bonds. The largest absolute Gasteiger partial charge is 0.486 e. The third-order valence-electron chi connectivity index (χ3n) is 6.73. The lowest BCUT2D eigenvalue weighted by atomic mass is 9.88. The number of hydrogen-bond acceptors (Lipinski definition) is 5. The van der Waals surface area contributed by atoms with Crippen LogP contribution in [0.4, 0.5) is 0 Å². The predicted octanol–water partition coefficient (Wildman–Crippen LogP) is 7.78. The van der Waals surface area contributed by atoms with Crippen molar-refractivity contribution in [2.75, 3.05) is 0 Å². The van der Waals surface area contributed by atoms with E-state index in [1.807, 2.05) is 18.2 Å². The quantitative estimate of drug-likeness (QED) is 0.202. The van der Waals surface area contributed by atoms with Crippen LogP contribution in [-0.4, -0.2) is 27.0 Å². The summed E-state index contributed by atoms with van der Waals surface area (Å²) in [6.45, 7) is 0.212. The topological polar surface area (TPSA) is 93.8 Å². The molecule has 7 nitrogen and oxygen atoms in total. The molecule has 0 bridgehead atoms. The third-order valence-corrected chi connectivity index (χ3v) is 8.09. The molecule has 1 saturated carbocycles. The summed E-state index contributed by atoms with van der Waals surface area (Å²) in [5.41, 5.74) is 2.15. The number of carboxylic acid groups (broad SMARTS) is 1. The van der Waals surface area contributed by atoms with Gasteiger partial charge >= 0.3 is 5.97 Å². The van der Waals surface area contributed by atoms with E-state index < -0.39 is 5.97 Å². The number of fused-ring (bicyclic) bond motifs is 1. The second-order valence-corrected chi connectivity index (χ2v) is 11.6. The van der Waals surface area contributed by atoms with Crippen LogP contribution in [0.2, 0.25) is 5.02 Å². The van der Waals surface area contributed by atoms with Crippen LogP contribution in [0.5, 0.6) is 5.75 Å². The van der Waals surface area contributed by atoms with Crippen molar-refractivity contribution in [3.05, 3.63) is 101 Å². The van der Waals surface area contributed by atoms with E-state index in [9.17, 15) is 9.59 Å². The van der Waals surface area contributed by atoms with Gasteiger partial charge in [-0.25, -0.2) is 9.78 Å². The van der Waals surface area contributed by atoms with Gasteiger partial charge in [0.15, 0.2) is 5.75 Å². The molecule has 1 heterocycles. The highest BCUT2D eigenvalue weighted by Gasteiger charge is 2.22. The number of halogens is 3. The van der Waals surface area contributed by atoms with Gasteiger partial charge in [-0.3, -0.25) is 4.79 Å². The standard InChI is InChI=1S/C29H24Br2ClN3O4/c30-21-10-11-25-22(14-21)28(36)35(27(34-25)19-4-2-1-3-5-19)33-15-18-12-23(31)26(24(32)13-18)39-16-17-6-8-20(9-7-17)29(37)38/h6-15,19H,1-5,16H2,(H,37,38). The number of hydrogen-bond donors (Lipinski definition) is 1. The monoisotopic (exact) mass is 671 g/mol. The number of nitrogens with zero attached hydrogens (tertiary/aromatic N) is 3. The van der Waals surface area contributed by atoms with E-state index in [1.54, 1.807) is 30.5 Å². The lowest BCUT2D eigenvalue weighted by Crippen LogP contribution is -2.25. The van der Waals surface area contributed by atoms with Gasteiger partial charge in [0.05, 0.1) is 32.2 Å². The first-order valence-corrected chi connectivity index (χ1v) is 14.5. The first-order chi connectivity index (χ1) is 18.8. The molecular weight excluding hydrogens is 650 g/mol. The zero-order valence-electron chi connectivity index (χ0n) is 20.7. The molecule has 0 atom stereocenters. The van der Waals surface area contributed by atoms with Crippen molar-refractivity contribution in [2.45, 2.75) is 44.6 Å². The molecule has 0 radical (unpaired) electrons. The SMILES string of the molecule is O=C(O)c1ccc(COc2c(Cl)cc(C=Nn3c(C4CCCCC4)nc4ccc(Br)cc4c3=O)cc2Br)cc1. The number of aromatic carboxylic acids is 1. The average Bonchev–Trinajstić information content (AvgIpc) is 2.93. The van der Waals surface area contributed by atoms with Gasteiger partial charge < -0.3 is 9.84 Å². The van der Waals surface area contributed by atoms with Crippen LogP contribution >= 0.6 is 43.5 Å². The Hall–Kier alpha value is -3.01. The molecule has 1 aliphatic carbocycles. The van der Waals surface area contributed by atoms with Gasteiger partial charge in [0.25, 0.3) is 5.56 Å². The maximum absolute atomic E-state index is 13.5. The van der Waals surface area contributed by atoms with Gasteiger partial charge in [-0.1, -0.05) is 58.9 Å². The molecule has 0 unspecified atom stereocenters. The Balaban J connectivity index is 1.43. The molecular formula is C29H24Br2ClN3O4. The van der Waals surface area contributed by atoms with Crippen LogP contribution in [0.3, 0.4) is 0 Å². The van der Waals surface area contributed by atoms with E-state index >= 15 is 0 Å². The molecule has 39 heavy (non-hydrogen) atoms. The van der Waals surface area contributed by atoms with E-state index in [1.165, 1.54) is 23.2 Å². The Kier molecular flexibility index (Phi) is 8.49. The van der Waals surface area contributed by atoms with Crippen LogP contribution in [0, 0.1) is 0 Å². The van der Waals surface area contributed by atoms with Crippen molar-refractivity contribution in [1.29, 1.82) is 0 Å². The summed E-state index contributed by atoms with van der Waals surface area (Å²) in [4.78, 5) is 29.5. The number of aromatic nitrogens is 2. The molecule has 0 aliphatic heterocycles. The summed E-state index contributed by atoms with van der Waals surface area (Å²) in [7, 11) is 0. The second kappa shape index (κ2) is 12.0. The van der Waals surface area contributed by atoms with Crippen LogP contribution in [0.1, 0.15) is 65.3 Å². The summed E-state index contributed by atoms with van der Waals surface area (Å²) < 4.78 is 8.77. The Morgan fingerprint density at radius 3 is 2.54 bits per heavy atom. The van der Waals surface area contributed by atoms with Crippen LogP contribution in [0.15, 0.2) is 73.4 Å². The van der Waals surface area contributed by atoms with E-state index in [4.69, 9.17) is 26.4 Å². The van der Waals surface area contributed by atoms with Crippen LogP contribution in [-0.2, 0) is 6.61 Å². The van der Waals surface area contributed by atoms with Crippen molar-refractivity contribution in [1.82, 2.24) is 9.66 Å². The molecule has 10 heteroatoms. The molecule has 0 spiro atoms. The molecule has 1 aliphatic rings. The summed E-state index contributed by atoms with van der Waals surface area (Å²) in [6.07, 6.45) is 6.97. The summed E-state index contributed by atoms with van der Waals surface area (Å²) >= 11 is 13.5. The van der Waals surface area contributed by atoms with E-state index in [0.717, 1.165) is 35.7 Å². The molecule has 1 fully saturated rings. The predicted molar refractivity (Wildman–Crippen MR) is 159 cm³/mol. The number of ether oxygens (including phenoxy) is 1. The van der Waals surface area contributed by atoms with Gasteiger partial charge in [0, 0.05) is 10.4 Å². The fourth-order valence-electron chi connectivity index (χ4n) is 4.72. The molecule has 4 aromatic rings. The number of benzene rings is 3. The van der Waals surface area contributed by atoms with Crippen molar-refractivity contribution < 1.29 is 14.6 Å². The first-order valence-electron chi connectivity index (χ1n) is 12.5. The zero-order valence-corrected chi connectivity index (χ0v) is 24.7. The highest BCUT2D eigenvalue weighted by Crippen LogP contribution is 2.35. The fraction of sp³-hybridized carbons (Fsp3) is 0.241. The Labute approximate surface area is 246 Å². The van der Waals surface area contributed by atoms with E-state index in [-0.39, 0.29) is 23.6 Å². The number of rotatable bonds is 7. The van der Waals surface area contributed by atoms with Gasteiger partial charge in [0.1, 0.15) is 12.4 Å². The smallest absolute Gasteiger partial charge is 0.335 e. The highest BCUT2D eigenvalue weighted by atomic mass is 79.9. The molecule has 3 aromatic carbocycles. The van der Waals surface area contributed by atoms with Gasteiger partial charge in [-0.15, -0.1) is 0 Å². The van der Waals surface area contributed by atoms with E-state index in [0.29, 0.717) is 37.5 Å². The number of carboxylic acids is 1. The van der Waals surface area contributed by atoms with Crippen LogP contribution in [0.25, 0.3) is 10.9 Å². The minimum Gasteiger partial charge on any atom is -0.486 e. The lowest BCUT2D eigenvalue weighted by molar-refractivity contribution is 0.0697. The van der Waals surface area contributed by atoms with Crippen molar-refractivity contribution in [3.63, 3.8) is 0 Å². The average molecular weight is 674 g/mol. The Morgan fingerprint density at radius 2 is 1.85 bits per heavy atom. The van der Waals surface area contributed by atoms with Crippen LogP contribution < -0.4 is 10.3 Å². The maximum atomic E-state index is 13.5. The van der Waals surface area contributed by atoms with Gasteiger partial charge in [0.2, 0.25) is 0 Å². The van der Waals surface area contributed by atoms with Gasteiger partial charge in [-0.2, -0.15) is 9.78 Å².